The Labute approximate surface area is 244 Å². The van der Waals surface area contributed by atoms with E-state index in [9.17, 15) is 4.79 Å². The summed E-state index contributed by atoms with van der Waals surface area (Å²) in [6.07, 6.45) is 5.64. The minimum absolute atomic E-state index is 0.0149. The van der Waals surface area contributed by atoms with Crippen molar-refractivity contribution < 1.29 is 0 Å². The topological polar surface area (TPSA) is 63.6 Å². The molecule has 0 spiro atoms. The van der Waals surface area contributed by atoms with Crippen molar-refractivity contribution in [3.8, 4) is 33.8 Å². The molecule has 41 heavy (non-hydrogen) atoms. The summed E-state index contributed by atoms with van der Waals surface area (Å²) in [5.74, 6) is 0.663. The van der Waals surface area contributed by atoms with Crippen LogP contribution in [-0.4, -0.2) is 27.6 Å². The summed E-state index contributed by atoms with van der Waals surface area (Å²) >= 11 is 0. The van der Waals surface area contributed by atoms with Gasteiger partial charge in [0.1, 0.15) is 5.82 Å². The molecule has 5 aromatic rings. The summed E-state index contributed by atoms with van der Waals surface area (Å²) in [5.41, 5.74) is 8.32. The van der Waals surface area contributed by atoms with E-state index in [1.807, 2.05) is 17.8 Å². The summed E-state index contributed by atoms with van der Waals surface area (Å²) in [6, 6.07) is 17.4. The molecule has 0 radical (unpaired) electrons. The van der Waals surface area contributed by atoms with E-state index in [1.54, 1.807) is 6.20 Å². The summed E-state index contributed by atoms with van der Waals surface area (Å²) in [6.45, 7) is 19.9. The number of fused-ring (bicyclic) bond motifs is 1. The first-order valence-corrected chi connectivity index (χ1v) is 17.9. The van der Waals surface area contributed by atoms with E-state index in [1.165, 1.54) is 10.8 Å². The molecular formula is C35H42N4OSi. The van der Waals surface area contributed by atoms with Crippen molar-refractivity contribution in [1.29, 1.82) is 0 Å². The third kappa shape index (κ3) is 5.45. The first-order chi connectivity index (χ1) is 19.1. The van der Waals surface area contributed by atoms with Crippen LogP contribution >= 0.6 is 0 Å². The lowest BCUT2D eigenvalue weighted by Crippen LogP contribution is -2.37. The second-order valence-corrected chi connectivity index (χ2v) is 19.3. The highest BCUT2D eigenvalue weighted by atomic mass is 28.3. The van der Waals surface area contributed by atoms with Gasteiger partial charge in [-0.1, -0.05) is 85.4 Å². The van der Waals surface area contributed by atoms with Crippen LogP contribution in [-0.2, 0) is 17.9 Å². The smallest absolute Gasteiger partial charge is 0.196 e. The van der Waals surface area contributed by atoms with Gasteiger partial charge >= 0.3 is 0 Å². The van der Waals surface area contributed by atoms with Gasteiger partial charge in [-0.05, 0) is 51.4 Å². The molecule has 0 saturated carbocycles. The lowest BCUT2D eigenvalue weighted by molar-refractivity contribution is 0.583. The van der Waals surface area contributed by atoms with E-state index in [0.717, 1.165) is 39.0 Å². The van der Waals surface area contributed by atoms with Crippen molar-refractivity contribution in [2.45, 2.75) is 72.0 Å². The fraction of sp³-hybridized carbons (Fsp3) is 0.343. The molecule has 0 aliphatic heterocycles. The largest absolute Gasteiger partial charge is 0.366 e. The van der Waals surface area contributed by atoms with Gasteiger partial charge in [-0.3, -0.25) is 9.78 Å². The quantitative estimate of drug-likeness (QED) is 0.227. The summed E-state index contributed by atoms with van der Waals surface area (Å²) in [7, 11) is 0.546. The van der Waals surface area contributed by atoms with Gasteiger partial charge in [-0.25, -0.2) is 4.98 Å². The number of benzene rings is 2. The average Bonchev–Trinajstić information content (AvgIpc) is 3.23. The van der Waals surface area contributed by atoms with E-state index in [0.29, 0.717) is 11.4 Å². The molecule has 5 nitrogen and oxygen atoms in total. The Bertz CT molecular complexity index is 1810. The standard InChI is InChI=1S/C35H42N4OSi/c1-34(2,3)24-17-22(16-23(18-24)29-15-14-25(19-37-29)41(8,9)10)26-12-11-13-30-31(26)38-33(39(30)7)27-20-36-21-28(32(27)40)35(4,5)6/h11-21H,1-10H3,(H,36,40). The van der Waals surface area contributed by atoms with Gasteiger partial charge in [0.05, 0.1) is 30.4 Å². The molecule has 0 aliphatic rings. The Morgan fingerprint density at radius 1 is 0.829 bits per heavy atom. The van der Waals surface area contributed by atoms with E-state index in [2.05, 4.69) is 121 Å². The number of aromatic amines is 1. The van der Waals surface area contributed by atoms with Crippen LogP contribution < -0.4 is 10.6 Å². The minimum Gasteiger partial charge on any atom is -0.366 e. The number of para-hydroxylation sites is 1. The van der Waals surface area contributed by atoms with E-state index in [4.69, 9.17) is 9.97 Å². The van der Waals surface area contributed by atoms with Crippen molar-refractivity contribution in [1.82, 2.24) is 19.5 Å². The SMILES string of the molecule is Cn1c(-c2c[nH]cc(C(C)(C)C)c2=O)nc2c(-c3cc(-c4ccc([Si](C)(C)C)cn4)cc(C(C)(C)C)c3)cccc21. The molecule has 0 fully saturated rings. The normalized spacial score (nSPS) is 12.7. The fourth-order valence-electron chi connectivity index (χ4n) is 5.27. The third-order valence-corrected chi connectivity index (χ3v) is 9.97. The van der Waals surface area contributed by atoms with Gasteiger partial charge in [-0.15, -0.1) is 0 Å². The van der Waals surface area contributed by atoms with Crippen molar-refractivity contribution in [3.05, 3.63) is 88.5 Å². The zero-order valence-corrected chi connectivity index (χ0v) is 27.1. The lowest BCUT2D eigenvalue weighted by atomic mass is 9.83. The van der Waals surface area contributed by atoms with Crippen molar-refractivity contribution in [2.75, 3.05) is 0 Å². The number of H-pyrrole nitrogens is 1. The van der Waals surface area contributed by atoms with Gasteiger partial charge in [0.2, 0.25) is 0 Å². The number of aryl methyl sites for hydroxylation is 1. The Hall–Kier alpha value is -3.77. The monoisotopic (exact) mass is 562 g/mol. The highest BCUT2D eigenvalue weighted by Gasteiger charge is 2.24. The summed E-state index contributed by atoms with van der Waals surface area (Å²) < 4.78 is 2.03. The number of nitrogens with zero attached hydrogens (tertiary/aromatic N) is 3. The van der Waals surface area contributed by atoms with Gasteiger partial charge in [0.25, 0.3) is 0 Å². The van der Waals surface area contributed by atoms with Gasteiger partial charge in [-0.2, -0.15) is 0 Å². The van der Waals surface area contributed by atoms with E-state index in [-0.39, 0.29) is 16.3 Å². The number of aromatic nitrogens is 4. The third-order valence-electron chi connectivity index (χ3n) is 7.94. The maximum Gasteiger partial charge on any atom is 0.196 e. The molecule has 3 heterocycles. The van der Waals surface area contributed by atoms with Gasteiger partial charge < -0.3 is 9.55 Å². The van der Waals surface area contributed by atoms with Crippen LogP contribution in [0.2, 0.25) is 19.6 Å². The zero-order chi connectivity index (χ0) is 29.9. The van der Waals surface area contributed by atoms with E-state index >= 15 is 0 Å². The highest BCUT2D eigenvalue weighted by Crippen LogP contribution is 2.36. The van der Waals surface area contributed by atoms with Crippen LogP contribution in [0.15, 0.2) is 71.9 Å². The predicted molar refractivity (Wildman–Crippen MR) is 176 cm³/mol. The molecule has 3 aromatic heterocycles. The Balaban J connectivity index is 1.71. The summed E-state index contributed by atoms with van der Waals surface area (Å²) in [5, 5.41) is 1.35. The number of hydrogen-bond acceptors (Lipinski definition) is 3. The van der Waals surface area contributed by atoms with Gasteiger partial charge in [0.15, 0.2) is 5.43 Å². The fourth-order valence-corrected chi connectivity index (χ4v) is 6.30. The zero-order valence-electron chi connectivity index (χ0n) is 26.1. The van der Waals surface area contributed by atoms with Crippen molar-refractivity contribution in [2.24, 2.45) is 7.05 Å². The van der Waals surface area contributed by atoms with Crippen molar-refractivity contribution in [3.63, 3.8) is 0 Å². The lowest BCUT2D eigenvalue weighted by Gasteiger charge is -2.22. The first-order valence-electron chi connectivity index (χ1n) is 14.4. The first kappa shape index (κ1) is 28.7. The number of hydrogen-bond donors (Lipinski definition) is 1. The number of imidazole rings is 1. The van der Waals surface area contributed by atoms with Crippen LogP contribution in [0.3, 0.4) is 0 Å². The number of pyridine rings is 2. The molecule has 5 rings (SSSR count). The average molecular weight is 563 g/mol. The molecule has 0 saturated heterocycles. The molecule has 0 aliphatic carbocycles. The Morgan fingerprint density at radius 2 is 1.54 bits per heavy atom. The molecule has 0 amide bonds. The molecule has 2 aromatic carbocycles. The number of nitrogens with one attached hydrogen (secondary N) is 1. The van der Waals surface area contributed by atoms with Gasteiger partial charge in [0, 0.05) is 42.3 Å². The summed E-state index contributed by atoms with van der Waals surface area (Å²) in [4.78, 5) is 26.8. The van der Waals surface area contributed by atoms with Crippen LogP contribution in [0.5, 0.6) is 0 Å². The highest BCUT2D eigenvalue weighted by molar-refractivity contribution is 6.88. The molecular weight excluding hydrogens is 520 g/mol. The number of rotatable bonds is 4. The molecule has 0 bridgehead atoms. The van der Waals surface area contributed by atoms with Crippen LogP contribution in [0.1, 0.15) is 52.7 Å². The van der Waals surface area contributed by atoms with E-state index < -0.39 is 8.07 Å². The predicted octanol–water partition coefficient (Wildman–Crippen LogP) is 7.80. The minimum atomic E-state index is -1.44. The second kappa shape index (κ2) is 9.95. The van der Waals surface area contributed by atoms with Crippen LogP contribution in [0.4, 0.5) is 0 Å². The molecule has 6 heteroatoms. The molecule has 212 valence electrons. The Kier molecular flexibility index (Phi) is 6.97. The molecule has 0 unspecified atom stereocenters. The van der Waals surface area contributed by atoms with Crippen LogP contribution in [0, 0.1) is 0 Å². The molecule has 0 atom stereocenters. The Morgan fingerprint density at radius 3 is 2.15 bits per heavy atom. The maximum absolute atomic E-state index is 13.6. The van der Waals surface area contributed by atoms with Crippen molar-refractivity contribution >= 4 is 24.3 Å². The van der Waals surface area contributed by atoms with Crippen LogP contribution in [0.25, 0.3) is 44.8 Å². The molecule has 1 N–H and O–H groups in total. The second-order valence-electron chi connectivity index (χ2n) is 14.3. The maximum atomic E-state index is 13.6.